The van der Waals surface area contributed by atoms with Crippen LogP contribution in [0.2, 0.25) is 0 Å². The minimum Gasteiger partial charge on any atom is -0.508 e. The molecule has 2 N–H and O–H groups in total. The number of hydrogen-bond acceptors (Lipinski definition) is 6. The highest BCUT2D eigenvalue weighted by molar-refractivity contribution is 6.00. The molecule has 2 aliphatic heterocycles. The highest BCUT2D eigenvalue weighted by Gasteiger charge is 2.30. The maximum absolute atomic E-state index is 13.7. The zero-order valence-electron chi connectivity index (χ0n) is 19.8. The van der Waals surface area contributed by atoms with Gasteiger partial charge in [-0.3, -0.25) is 4.79 Å². The van der Waals surface area contributed by atoms with E-state index in [-0.39, 0.29) is 35.3 Å². The maximum atomic E-state index is 13.7. The average molecular weight is 475 g/mol. The van der Waals surface area contributed by atoms with Crippen LogP contribution in [0.4, 0.5) is 5.69 Å². The lowest BCUT2D eigenvalue weighted by Crippen LogP contribution is -2.38. The monoisotopic (exact) mass is 474 g/mol. The Morgan fingerprint density at radius 2 is 1.97 bits per heavy atom. The third kappa shape index (κ3) is 4.77. The van der Waals surface area contributed by atoms with E-state index in [1.807, 2.05) is 30.3 Å². The fraction of sp³-hybridized carbons (Fsp3) is 0.321. The van der Waals surface area contributed by atoms with Crippen molar-refractivity contribution in [3.8, 4) is 17.2 Å². The predicted molar refractivity (Wildman–Crippen MR) is 133 cm³/mol. The van der Waals surface area contributed by atoms with E-state index in [9.17, 15) is 15.0 Å². The topological polar surface area (TPSA) is 82.5 Å². The number of phenolic OH excluding ortho intramolecular Hbond substituents is 2. The molecule has 1 amide bonds. The van der Waals surface area contributed by atoms with Gasteiger partial charge in [-0.25, -0.2) is 0 Å². The van der Waals surface area contributed by atoms with Crippen molar-refractivity contribution in [3.63, 3.8) is 0 Å². The van der Waals surface area contributed by atoms with Gasteiger partial charge in [0.05, 0.1) is 12.6 Å². The minimum absolute atomic E-state index is 0.0669. The van der Waals surface area contributed by atoms with Gasteiger partial charge >= 0.3 is 0 Å². The number of carbonyl (C=O) groups is 1. The van der Waals surface area contributed by atoms with E-state index in [2.05, 4.69) is 30.1 Å². The van der Waals surface area contributed by atoms with E-state index in [0.717, 1.165) is 36.3 Å². The molecule has 0 radical (unpaired) electrons. The summed E-state index contributed by atoms with van der Waals surface area (Å²) in [6, 6.07) is 18.7. The average Bonchev–Trinajstić information content (AvgIpc) is 3.41. The maximum Gasteiger partial charge on any atom is 0.261 e. The Balaban J connectivity index is 1.41. The fourth-order valence-corrected chi connectivity index (χ4v) is 4.90. The minimum atomic E-state index is -0.321. The summed E-state index contributed by atoms with van der Waals surface area (Å²) in [5.74, 6) is -0.611. The second-order valence-electron chi connectivity index (χ2n) is 9.13. The molecule has 0 aliphatic carbocycles. The number of ether oxygens (including phenoxy) is 2. The van der Waals surface area contributed by atoms with Crippen molar-refractivity contribution < 1.29 is 24.5 Å². The molecule has 1 saturated heterocycles. The van der Waals surface area contributed by atoms with Crippen LogP contribution in [-0.2, 0) is 24.3 Å². The second-order valence-corrected chi connectivity index (χ2v) is 9.13. The first-order valence-corrected chi connectivity index (χ1v) is 11.9. The molecule has 1 atom stereocenters. The first kappa shape index (κ1) is 23.1. The Hall–Kier alpha value is -3.71. The number of likely N-dealkylation sites (N-methyl/N-ethyl adjacent to an activating group) is 1. The number of phenols is 2. The van der Waals surface area contributed by atoms with Gasteiger partial charge in [0.15, 0.2) is 0 Å². The molecule has 182 valence electrons. The lowest BCUT2D eigenvalue weighted by Gasteiger charge is -2.34. The van der Waals surface area contributed by atoms with Crippen molar-refractivity contribution in [1.82, 2.24) is 4.90 Å². The Morgan fingerprint density at radius 3 is 2.74 bits per heavy atom. The number of benzene rings is 3. The largest absolute Gasteiger partial charge is 0.508 e. The Bertz CT molecular complexity index is 1210. The number of hydrogen-bond donors (Lipinski definition) is 2. The zero-order chi connectivity index (χ0) is 24.4. The van der Waals surface area contributed by atoms with Gasteiger partial charge < -0.3 is 29.5 Å². The van der Waals surface area contributed by atoms with Crippen molar-refractivity contribution in [3.05, 3.63) is 82.9 Å². The summed E-state index contributed by atoms with van der Waals surface area (Å²) in [5, 5.41) is 20.7. The molecular formula is C28H30N2O5. The van der Waals surface area contributed by atoms with E-state index in [0.29, 0.717) is 25.7 Å². The van der Waals surface area contributed by atoms with Crippen LogP contribution in [0.1, 0.15) is 33.5 Å². The summed E-state index contributed by atoms with van der Waals surface area (Å²) in [6.07, 6.45) is 1.70. The molecule has 2 heterocycles. The van der Waals surface area contributed by atoms with Crippen LogP contribution < -0.4 is 9.64 Å². The van der Waals surface area contributed by atoms with Crippen LogP contribution in [0, 0.1) is 0 Å². The molecule has 0 saturated carbocycles. The summed E-state index contributed by atoms with van der Waals surface area (Å²) in [7, 11) is 2.08. The van der Waals surface area contributed by atoms with Crippen LogP contribution in [0.25, 0.3) is 0 Å². The predicted octanol–water partition coefficient (Wildman–Crippen LogP) is 4.10. The van der Waals surface area contributed by atoms with Gasteiger partial charge in [0.2, 0.25) is 0 Å². The normalized spacial score (nSPS) is 17.2. The highest BCUT2D eigenvalue weighted by atomic mass is 16.5. The van der Waals surface area contributed by atoms with E-state index < -0.39 is 0 Å². The van der Waals surface area contributed by atoms with Crippen LogP contribution in [0.5, 0.6) is 17.2 Å². The molecular weight excluding hydrogens is 444 g/mol. The molecule has 3 aromatic rings. The number of aromatic hydroxyl groups is 2. The molecule has 5 rings (SSSR count). The summed E-state index contributed by atoms with van der Waals surface area (Å²) in [4.78, 5) is 17.7. The highest BCUT2D eigenvalue weighted by Crippen LogP contribution is 2.37. The molecule has 0 spiro atoms. The summed E-state index contributed by atoms with van der Waals surface area (Å²) in [6.45, 7) is 2.64. The molecule has 7 nitrogen and oxygen atoms in total. The molecule has 0 aromatic heterocycles. The standard InChI is InChI=1S/C28H30N2O5/c1-29(21-11-13-34-18-21)24-9-5-8-20-10-12-30(16-23(20)24)28(33)27-25(32)14-22(31)15-26(27)35-17-19-6-3-2-4-7-19/h2-9,14-15,21,31-32H,10-13,16-18H2,1H3. The molecule has 3 aromatic carbocycles. The van der Waals surface area contributed by atoms with E-state index in [4.69, 9.17) is 9.47 Å². The summed E-state index contributed by atoms with van der Waals surface area (Å²) < 4.78 is 11.5. The van der Waals surface area contributed by atoms with Gasteiger partial charge in [-0.05, 0) is 35.6 Å². The Kier molecular flexibility index (Phi) is 6.51. The Labute approximate surface area is 205 Å². The van der Waals surface area contributed by atoms with Crippen LogP contribution in [-0.4, -0.2) is 53.9 Å². The lowest BCUT2D eigenvalue weighted by molar-refractivity contribution is 0.0726. The first-order chi connectivity index (χ1) is 17.0. The van der Waals surface area contributed by atoms with Gasteiger partial charge in [-0.15, -0.1) is 0 Å². The van der Waals surface area contributed by atoms with Crippen LogP contribution >= 0.6 is 0 Å². The van der Waals surface area contributed by atoms with Crippen molar-refractivity contribution >= 4 is 11.6 Å². The zero-order valence-corrected chi connectivity index (χ0v) is 19.8. The third-order valence-electron chi connectivity index (χ3n) is 6.89. The quantitative estimate of drug-likeness (QED) is 0.560. The second kappa shape index (κ2) is 9.88. The Morgan fingerprint density at radius 1 is 1.14 bits per heavy atom. The van der Waals surface area contributed by atoms with E-state index >= 15 is 0 Å². The van der Waals surface area contributed by atoms with Crippen molar-refractivity contribution in [2.45, 2.75) is 32.0 Å². The molecule has 7 heteroatoms. The van der Waals surface area contributed by atoms with Gasteiger partial charge in [-0.2, -0.15) is 0 Å². The molecule has 1 unspecified atom stereocenters. The van der Waals surface area contributed by atoms with Gasteiger partial charge in [-0.1, -0.05) is 42.5 Å². The van der Waals surface area contributed by atoms with Crippen molar-refractivity contribution in [2.75, 3.05) is 31.7 Å². The van der Waals surface area contributed by atoms with Crippen LogP contribution in [0.3, 0.4) is 0 Å². The van der Waals surface area contributed by atoms with Gasteiger partial charge in [0.1, 0.15) is 29.4 Å². The number of rotatable bonds is 6. The molecule has 35 heavy (non-hydrogen) atoms. The molecule has 1 fully saturated rings. The van der Waals surface area contributed by atoms with Crippen LogP contribution in [0.15, 0.2) is 60.7 Å². The fourth-order valence-electron chi connectivity index (χ4n) is 4.90. The smallest absolute Gasteiger partial charge is 0.261 e. The number of fused-ring (bicyclic) bond motifs is 1. The van der Waals surface area contributed by atoms with Gasteiger partial charge in [0, 0.05) is 44.6 Å². The van der Waals surface area contributed by atoms with E-state index in [1.54, 1.807) is 4.90 Å². The van der Waals surface area contributed by atoms with Crippen molar-refractivity contribution in [1.29, 1.82) is 0 Å². The SMILES string of the molecule is CN(c1cccc2c1CN(C(=O)c1c(O)cc(O)cc1OCc1ccccc1)CC2)C1CCOC1. The van der Waals surface area contributed by atoms with Crippen molar-refractivity contribution in [2.24, 2.45) is 0 Å². The number of amides is 1. The van der Waals surface area contributed by atoms with E-state index in [1.165, 1.54) is 17.7 Å². The molecule has 0 bridgehead atoms. The number of nitrogens with zero attached hydrogens (tertiary/aromatic N) is 2. The lowest BCUT2D eigenvalue weighted by atomic mass is 9.96. The summed E-state index contributed by atoms with van der Waals surface area (Å²) in [5.41, 5.74) is 4.44. The number of carbonyl (C=O) groups excluding carboxylic acids is 1. The summed E-state index contributed by atoms with van der Waals surface area (Å²) >= 11 is 0. The molecule has 2 aliphatic rings. The first-order valence-electron chi connectivity index (χ1n) is 11.9. The third-order valence-corrected chi connectivity index (χ3v) is 6.89. The number of anilines is 1. The van der Waals surface area contributed by atoms with Gasteiger partial charge in [0.25, 0.3) is 5.91 Å².